The third kappa shape index (κ3) is 3.91. The van der Waals surface area contributed by atoms with Crippen molar-refractivity contribution in [2.45, 2.75) is 44.4 Å². The lowest BCUT2D eigenvalue weighted by Crippen LogP contribution is -2.24. The lowest BCUT2D eigenvalue weighted by atomic mass is 10.1. The zero-order chi connectivity index (χ0) is 16.9. The van der Waals surface area contributed by atoms with Crippen molar-refractivity contribution in [3.63, 3.8) is 0 Å². The van der Waals surface area contributed by atoms with E-state index in [4.69, 9.17) is 15.2 Å². The Morgan fingerprint density at radius 1 is 1.21 bits per heavy atom. The van der Waals surface area contributed by atoms with E-state index < -0.39 is 6.10 Å². The van der Waals surface area contributed by atoms with Crippen LogP contribution in [0.2, 0.25) is 0 Å². The third-order valence-corrected chi connectivity index (χ3v) is 4.54. The summed E-state index contributed by atoms with van der Waals surface area (Å²) in [6, 6.07) is 8.05. The van der Waals surface area contributed by atoms with E-state index in [1.807, 2.05) is 41.2 Å². The monoisotopic (exact) mass is 330 g/mol. The SMILES string of the molecule is COc1ccc(-c2ccn(CC(O)CN)c2)cc1OC1CCCC1. The fraction of sp³-hybridized carbons (Fsp3) is 0.474. The molecule has 0 aliphatic heterocycles. The minimum atomic E-state index is -0.526. The quantitative estimate of drug-likeness (QED) is 0.819. The van der Waals surface area contributed by atoms with Crippen LogP contribution in [-0.4, -0.2) is 35.5 Å². The van der Waals surface area contributed by atoms with Gasteiger partial charge in [-0.05, 0) is 55.0 Å². The van der Waals surface area contributed by atoms with Crippen molar-refractivity contribution in [2.24, 2.45) is 5.73 Å². The first-order valence-corrected chi connectivity index (χ1v) is 8.58. The summed E-state index contributed by atoms with van der Waals surface area (Å²) in [6.45, 7) is 0.757. The second-order valence-electron chi connectivity index (χ2n) is 6.38. The number of benzene rings is 1. The predicted molar refractivity (Wildman–Crippen MR) is 94.4 cm³/mol. The van der Waals surface area contributed by atoms with E-state index in [2.05, 4.69) is 0 Å². The second kappa shape index (κ2) is 7.73. The standard InChI is InChI=1S/C19H26N2O3/c1-23-18-7-6-14(10-19(18)24-17-4-2-3-5-17)15-8-9-21(12-15)13-16(22)11-20/h6-10,12,16-17,22H,2-5,11,13,20H2,1H3. The summed E-state index contributed by atoms with van der Waals surface area (Å²) in [5.41, 5.74) is 7.63. The van der Waals surface area contributed by atoms with E-state index in [1.165, 1.54) is 12.8 Å². The highest BCUT2D eigenvalue weighted by molar-refractivity contribution is 5.66. The van der Waals surface area contributed by atoms with E-state index in [0.717, 1.165) is 35.5 Å². The number of methoxy groups -OCH3 is 1. The van der Waals surface area contributed by atoms with Crippen molar-refractivity contribution in [1.29, 1.82) is 0 Å². The molecule has 1 unspecified atom stereocenters. The molecular formula is C19H26N2O3. The highest BCUT2D eigenvalue weighted by atomic mass is 16.5. The van der Waals surface area contributed by atoms with Crippen LogP contribution < -0.4 is 15.2 Å². The molecule has 5 heteroatoms. The van der Waals surface area contributed by atoms with Gasteiger partial charge < -0.3 is 24.9 Å². The van der Waals surface area contributed by atoms with Crippen molar-refractivity contribution >= 4 is 0 Å². The van der Waals surface area contributed by atoms with Crippen LogP contribution in [0.5, 0.6) is 11.5 Å². The number of hydrogen-bond acceptors (Lipinski definition) is 4. The molecule has 1 fully saturated rings. The van der Waals surface area contributed by atoms with E-state index >= 15 is 0 Å². The first kappa shape index (κ1) is 16.9. The normalized spacial score (nSPS) is 16.3. The molecule has 1 aliphatic rings. The van der Waals surface area contributed by atoms with Gasteiger partial charge in [-0.2, -0.15) is 0 Å². The Balaban J connectivity index is 1.80. The van der Waals surface area contributed by atoms with Crippen LogP contribution in [0.15, 0.2) is 36.7 Å². The van der Waals surface area contributed by atoms with Gasteiger partial charge in [-0.3, -0.25) is 0 Å². The summed E-state index contributed by atoms with van der Waals surface area (Å²) < 4.78 is 13.6. The van der Waals surface area contributed by atoms with E-state index in [-0.39, 0.29) is 6.54 Å². The molecule has 3 N–H and O–H groups in total. The number of rotatable bonds is 7. The number of aliphatic hydroxyl groups excluding tert-OH is 1. The Kier molecular flexibility index (Phi) is 5.43. The average molecular weight is 330 g/mol. The maximum Gasteiger partial charge on any atom is 0.162 e. The van der Waals surface area contributed by atoms with Gasteiger partial charge in [0.25, 0.3) is 0 Å². The Bertz CT molecular complexity index is 662. The number of hydrogen-bond donors (Lipinski definition) is 2. The molecule has 1 atom stereocenters. The van der Waals surface area contributed by atoms with Crippen LogP contribution >= 0.6 is 0 Å². The van der Waals surface area contributed by atoms with Gasteiger partial charge in [0, 0.05) is 25.5 Å². The molecule has 2 aromatic rings. The van der Waals surface area contributed by atoms with Gasteiger partial charge in [-0.25, -0.2) is 0 Å². The lowest BCUT2D eigenvalue weighted by molar-refractivity contribution is 0.162. The highest BCUT2D eigenvalue weighted by Gasteiger charge is 2.19. The van der Waals surface area contributed by atoms with Gasteiger partial charge in [-0.15, -0.1) is 0 Å². The summed E-state index contributed by atoms with van der Waals surface area (Å²) in [5.74, 6) is 1.57. The summed E-state index contributed by atoms with van der Waals surface area (Å²) in [5, 5.41) is 9.68. The van der Waals surface area contributed by atoms with Crippen molar-refractivity contribution < 1.29 is 14.6 Å². The van der Waals surface area contributed by atoms with Gasteiger partial charge in [0.15, 0.2) is 11.5 Å². The maximum absolute atomic E-state index is 9.68. The summed E-state index contributed by atoms with van der Waals surface area (Å²) >= 11 is 0. The molecular weight excluding hydrogens is 304 g/mol. The van der Waals surface area contributed by atoms with Crippen molar-refractivity contribution in [3.8, 4) is 22.6 Å². The Labute approximate surface area is 143 Å². The summed E-state index contributed by atoms with van der Waals surface area (Å²) in [7, 11) is 1.67. The zero-order valence-corrected chi connectivity index (χ0v) is 14.1. The van der Waals surface area contributed by atoms with Crippen LogP contribution in [0.25, 0.3) is 11.1 Å². The van der Waals surface area contributed by atoms with Gasteiger partial charge in [0.05, 0.1) is 19.3 Å². The average Bonchev–Trinajstić information content (AvgIpc) is 3.26. The predicted octanol–water partition coefficient (Wildman–Crippen LogP) is 2.80. The third-order valence-electron chi connectivity index (χ3n) is 4.54. The molecule has 0 radical (unpaired) electrons. The van der Waals surface area contributed by atoms with Gasteiger partial charge >= 0.3 is 0 Å². The molecule has 1 heterocycles. The van der Waals surface area contributed by atoms with Gasteiger partial charge in [0.2, 0.25) is 0 Å². The molecule has 3 rings (SSSR count). The van der Waals surface area contributed by atoms with E-state index in [1.54, 1.807) is 7.11 Å². The summed E-state index contributed by atoms with van der Waals surface area (Å²) in [6.07, 6.45) is 8.43. The summed E-state index contributed by atoms with van der Waals surface area (Å²) in [4.78, 5) is 0. The number of ether oxygens (including phenoxy) is 2. The fourth-order valence-corrected chi connectivity index (χ4v) is 3.18. The molecule has 1 aromatic heterocycles. The van der Waals surface area contributed by atoms with E-state index in [9.17, 15) is 5.11 Å². The molecule has 24 heavy (non-hydrogen) atoms. The molecule has 130 valence electrons. The first-order chi connectivity index (χ1) is 11.7. The molecule has 0 bridgehead atoms. The Morgan fingerprint density at radius 2 is 2.00 bits per heavy atom. The molecule has 0 spiro atoms. The van der Waals surface area contributed by atoms with Crippen LogP contribution in [0, 0.1) is 0 Å². The Hall–Kier alpha value is -1.98. The van der Waals surface area contributed by atoms with Crippen LogP contribution in [-0.2, 0) is 6.54 Å². The number of nitrogens with two attached hydrogens (primary N) is 1. The highest BCUT2D eigenvalue weighted by Crippen LogP contribution is 2.35. The largest absolute Gasteiger partial charge is 0.493 e. The molecule has 0 saturated heterocycles. The number of nitrogens with zero attached hydrogens (tertiary/aromatic N) is 1. The molecule has 5 nitrogen and oxygen atoms in total. The molecule has 1 aromatic carbocycles. The van der Waals surface area contributed by atoms with Crippen LogP contribution in [0.4, 0.5) is 0 Å². The van der Waals surface area contributed by atoms with Crippen molar-refractivity contribution in [3.05, 3.63) is 36.7 Å². The lowest BCUT2D eigenvalue weighted by Gasteiger charge is -2.16. The fourth-order valence-electron chi connectivity index (χ4n) is 3.18. The first-order valence-electron chi connectivity index (χ1n) is 8.58. The molecule has 1 saturated carbocycles. The van der Waals surface area contributed by atoms with Crippen molar-refractivity contribution in [1.82, 2.24) is 4.57 Å². The van der Waals surface area contributed by atoms with Crippen molar-refractivity contribution in [2.75, 3.05) is 13.7 Å². The minimum absolute atomic E-state index is 0.259. The Morgan fingerprint density at radius 3 is 2.71 bits per heavy atom. The topological polar surface area (TPSA) is 69.6 Å². The minimum Gasteiger partial charge on any atom is -0.493 e. The smallest absolute Gasteiger partial charge is 0.162 e. The van der Waals surface area contributed by atoms with Crippen LogP contribution in [0.3, 0.4) is 0 Å². The van der Waals surface area contributed by atoms with Gasteiger partial charge in [0.1, 0.15) is 0 Å². The maximum atomic E-state index is 9.68. The van der Waals surface area contributed by atoms with E-state index in [0.29, 0.717) is 12.6 Å². The zero-order valence-electron chi connectivity index (χ0n) is 14.1. The number of aromatic nitrogens is 1. The molecule has 0 amide bonds. The molecule has 1 aliphatic carbocycles. The number of aliphatic hydroxyl groups is 1. The van der Waals surface area contributed by atoms with Crippen LogP contribution in [0.1, 0.15) is 25.7 Å². The second-order valence-corrected chi connectivity index (χ2v) is 6.38. The van der Waals surface area contributed by atoms with Gasteiger partial charge in [-0.1, -0.05) is 6.07 Å².